The summed E-state index contributed by atoms with van der Waals surface area (Å²) in [7, 11) is 3.03. The molecule has 0 atom stereocenters. The zero-order chi connectivity index (χ0) is 13.5. The highest BCUT2D eigenvalue weighted by Gasteiger charge is 2.19. The molecule has 0 aliphatic carbocycles. The fraction of sp³-hybridized carbons (Fsp3) is 0.200. The molecule has 2 heterocycles. The third-order valence-corrected chi connectivity index (χ3v) is 3.91. The number of rotatable bonds is 3. The minimum atomic E-state index is -3.86. The van der Waals surface area contributed by atoms with Crippen LogP contribution in [0.3, 0.4) is 0 Å². The molecule has 8 heteroatoms. The molecule has 0 spiro atoms. The van der Waals surface area contributed by atoms with E-state index in [1.54, 1.807) is 18.7 Å². The minimum Gasteiger partial charge on any atom is -0.342 e. The van der Waals surface area contributed by atoms with E-state index in [4.69, 9.17) is 10.7 Å². The fourth-order valence-corrected chi connectivity index (χ4v) is 2.25. The van der Waals surface area contributed by atoms with E-state index in [-0.39, 0.29) is 16.5 Å². The van der Waals surface area contributed by atoms with Crippen molar-refractivity contribution >= 4 is 25.5 Å². The van der Waals surface area contributed by atoms with Gasteiger partial charge in [-0.1, -0.05) is 0 Å². The summed E-state index contributed by atoms with van der Waals surface area (Å²) in [6.07, 6.45) is 1.44. The number of hydrogen-bond donors (Lipinski definition) is 1. The summed E-state index contributed by atoms with van der Waals surface area (Å²) in [4.78, 5) is 14.6. The second kappa shape index (κ2) is 4.25. The predicted octanol–water partition coefficient (Wildman–Crippen LogP) is 1.22. The summed E-state index contributed by atoms with van der Waals surface area (Å²) in [5.74, 6) is -0.327. The molecule has 0 saturated carbocycles. The Kier molecular flexibility index (Phi) is 3.04. The van der Waals surface area contributed by atoms with E-state index in [9.17, 15) is 13.2 Å². The first-order valence-corrected chi connectivity index (χ1v) is 7.28. The SMILES string of the molecule is Cc1c(C(=O)c2ccc(S(=O)(=O)Cl)[nH]2)cnn1C. The Morgan fingerprint density at radius 1 is 1.44 bits per heavy atom. The van der Waals surface area contributed by atoms with Crippen molar-refractivity contribution in [3.8, 4) is 0 Å². The number of nitrogens with one attached hydrogen (secondary N) is 1. The Hall–Kier alpha value is -1.60. The van der Waals surface area contributed by atoms with Crippen molar-refractivity contribution < 1.29 is 13.2 Å². The van der Waals surface area contributed by atoms with Crippen LogP contribution in [-0.2, 0) is 16.1 Å². The number of hydrogen-bond acceptors (Lipinski definition) is 4. The lowest BCUT2D eigenvalue weighted by atomic mass is 10.1. The number of aromatic nitrogens is 3. The van der Waals surface area contributed by atoms with E-state index in [0.717, 1.165) is 0 Å². The second-order valence-corrected chi connectivity index (χ2v) is 6.30. The van der Waals surface area contributed by atoms with Crippen molar-refractivity contribution in [2.75, 3.05) is 0 Å². The van der Waals surface area contributed by atoms with Crippen LogP contribution >= 0.6 is 10.7 Å². The fourth-order valence-electron chi connectivity index (χ4n) is 1.52. The average Bonchev–Trinajstić information content (AvgIpc) is 2.86. The van der Waals surface area contributed by atoms with Gasteiger partial charge >= 0.3 is 0 Å². The summed E-state index contributed by atoms with van der Waals surface area (Å²) < 4.78 is 23.7. The molecule has 0 bridgehead atoms. The second-order valence-electron chi connectivity index (χ2n) is 3.77. The molecule has 0 amide bonds. The maximum absolute atomic E-state index is 12.1. The lowest BCUT2D eigenvalue weighted by Crippen LogP contribution is -2.04. The molecule has 2 rings (SSSR count). The highest BCUT2D eigenvalue weighted by molar-refractivity contribution is 8.13. The third kappa shape index (κ3) is 2.19. The van der Waals surface area contributed by atoms with Crippen molar-refractivity contribution in [2.45, 2.75) is 11.9 Å². The Balaban J connectivity index is 2.42. The van der Waals surface area contributed by atoms with E-state index in [1.807, 2.05) is 0 Å². The molecule has 6 nitrogen and oxygen atoms in total. The molecule has 0 aliphatic heterocycles. The zero-order valence-corrected chi connectivity index (χ0v) is 11.2. The molecule has 2 aromatic heterocycles. The van der Waals surface area contributed by atoms with Crippen LogP contribution in [0.5, 0.6) is 0 Å². The molecule has 0 fully saturated rings. The maximum atomic E-state index is 12.1. The van der Waals surface area contributed by atoms with Crippen LogP contribution in [0.2, 0.25) is 0 Å². The molecule has 96 valence electrons. The lowest BCUT2D eigenvalue weighted by Gasteiger charge is -1.98. The van der Waals surface area contributed by atoms with Crippen LogP contribution in [0, 0.1) is 6.92 Å². The van der Waals surface area contributed by atoms with Crippen molar-refractivity contribution in [1.29, 1.82) is 0 Å². The predicted molar refractivity (Wildman–Crippen MR) is 65.2 cm³/mol. The van der Waals surface area contributed by atoms with E-state index >= 15 is 0 Å². The van der Waals surface area contributed by atoms with Gasteiger partial charge in [-0.05, 0) is 19.1 Å². The smallest absolute Gasteiger partial charge is 0.276 e. The first-order chi connectivity index (χ1) is 8.30. The van der Waals surface area contributed by atoms with Crippen LogP contribution in [0.4, 0.5) is 0 Å². The monoisotopic (exact) mass is 287 g/mol. The highest BCUT2D eigenvalue weighted by atomic mass is 35.7. The number of aromatic amines is 1. The van der Waals surface area contributed by atoms with Gasteiger partial charge in [0, 0.05) is 23.4 Å². The van der Waals surface area contributed by atoms with Gasteiger partial charge in [0.15, 0.2) is 0 Å². The summed E-state index contributed by atoms with van der Waals surface area (Å²) in [5.41, 5.74) is 1.27. The van der Waals surface area contributed by atoms with Gasteiger partial charge in [0.2, 0.25) is 5.78 Å². The van der Waals surface area contributed by atoms with Crippen molar-refractivity contribution in [3.63, 3.8) is 0 Å². The topological polar surface area (TPSA) is 84.8 Å². The Morgan fingerprint density at radius 3 is 2.56 bits per heavy atom. The number of carbonyl (C=O) groups excluding carboxylic acids is 1. The number of nitrogens with zero attached hydrogens (tertiary/aromatic N) is 2. The Bertz CT molecular complexity index is 715. The van der Waals surface area contributed by atoms with E-state index in [2.05, 4.69) is 10.1 Å². The van der Waals surface area contributed by atoms with Crippen LogP contribution in [-0.4, -0.2) is 29.0 Å². The summed E-state index contributed by atoms with van der Waals surface area (Å²) in [5, 5.41) is 3.76. The minimum absolute atomic E-state index is 0.158. The van der Waals surface area contributed by atoms with Gasteiger partial charge in [-0.2, -0.15) is 5.10 Å². The van der Waals surface area contributed by atoms with Gasteiger partial charge in [0.05, 0.1) is 17.5 Å². The first kappa shape index (κ1) is 12.8. The molecule has 0 unspecified atom stereocenters. The molecule has 2 aromatic rings. The molecule has 0 saturated heterocycles. The van der Waals surface area contributed by atoms with Crippen molar-refractivity contribution in [2.24, 2.45) is 7.05 Å². The summed E-state index contributed by atoms with van der Waals surface area (Å²) in [6, 6.07) is 2.63. The number of halogens is 1. The van der Waals surface area contributed by atoms with Gasteiger partial charge in [-0.3, -0.25) is 9.48 Å². The normalized spacial score (nSPS) is 11.7. The molecule has 0 aromatic carbocycles. The summed E-state index contributed by atoms with van der Waals surface area (Å²) in [6.45, 7) is 1.75. The number of aryl methyl sites for hydroxylation is 1. The van der Waals surface area contributed by atoms with Gasteiger partial charge in [0.1, 0.15) is 5.03 Å². The number of ketones is 1. The van der Waals surface area contributed by atoms with E-state index in [0.29, 0.717) is 11.3 Å². The van der Waals surface area contributed by atoms with Crippen LogP contribution in [0.25, 0.3) is 0 Å². The van der Waals surface area contributed by atoms with Crippen molar-refractivity contribution in [1.82, 2.24) is 14.8 Å². The summed E-state index contributed by atoms with van der Waals surface area (Å²) >= 11 is 0. The van der Waals surface area contributed by atoms with Crippen molar-refractivity contribution in [3.05, 3.63) is 35.3 Å². The van der Waals surface area contributed by atoms with E-state index in [1.165, 1.54) is 18.3 Å². The third-order valence-electron chi connectivity index (χ3n) is 2.65. The Morgan fingerprint density at radius 2 is 2.11 bits per heavy atom. The first-order valence-electron chi connectivity index (χ1n) is 4.97. The molecular weight excluding hydrogens is 278 g/mol. The molecular formula is C10H10ClN3O3S. The Labute approximate surface area is 108 Å². The number of carbonyl (C=O) groups is 1. The molecule has 18 heavy (non-hydrogen) atoms. The molecule has 0 aliphatic rings. The van der Waals surface area contributed by atoms with Gasteiger partial charge < -0.3 is 4.98 Å². The highest BCUT2D eigenvalue weighted by Crippen LogP contribution is 2.17. The van der Waals surface area contributed by atoms with Gasteiger partial charge in [-0.25, -0.2) is 8.42 Å². The maximum Gasteiger partial charge on any atom is 0.276 e. The van der Waals surface area contributed by atoms with Crippen LogP contribution < -0.4 is 0 Å². The number of H-pyrrole nitrogens is 1. The van der Waals surface area contributed by atoms with Crippen LogP contribution in [0.15, 0.2) is 23.4 Å². The quantitative estimate of drug-likeness (QED) is 0.679. The largest absolute Gasteiger partial charge is 0.342 e. The van der Waals surface area contributed by atoms with Crippen LogP contribution in [0.1, 0.15) is 21.7 Å². The van der Waals surface area contributed by atoms with E-state index < -0.39 is 9.05 Å². The van der Waals surface area contributed by atoms with Gasteiger partial charge in [-0.15, -0.1) is 0 Å². The average molecular weight is 288 g/mol. The zero-order valence-electron chi connectivity index (χ0n) is 9.64. The lowest BCUT2D eigenvalue weighted by molar-refractivity contribution is 0.103. The van der Waals surface area contributed by atoms with Gasteiger partial charge in [0.25, 0.3) is 9.05 Å². The molecule has 0 radical (unpaired) electrons. The standard InChI is InChI=1S/C10H10ClN3O3S/c1-6-7(5-12-14(6)2)10(15)8-3-4-9(13-8)18(11,16)17/h3-5,13H,1-2H3. The molecule has 1 N–H and O–H groups in total.